The second-order valence-electron chi connectivity index (χ2n) is 4.64. The number of halogens is 3. The number of carbonyl (C=O) groups excluding carboxylic acids is 2. The summed E-state index contributed by atoms with van der Waals surface area (Å²) in [5.41, 5.74) is -1.66. The summed E-state index contributed by atoms with van der Waals surface area (Å²) < 4.78 is 43.3. The summed E-state index contributed by atoms with van der Waals surface area (Å²) in [5.74, 6) is -1.80. The van der Waals surface area contributed by atoms with Crippen LogP contribution in [0.5, 0.6) is 0 Å². The van der Waals surface area contributed by atoms with Gasteiger partial charge in [-0.3, -0.25) is 4.79 Å². The molecule has 124 valence electrons. The fourth-order valence-electron chi connectivity index (χ4n) is 1.94. The van der Waals surface area contributed by atoms with Gasteiger partial charge in [0.15, 0.2) is 0 Å². The Morgan fingerprint density at radius 1 is 1.35 bits per heavy atom. The van der Waals surface area contributed by atoms with Crippen molar-refractivity contribution in [1.29, 1.82) is 5.26 Å². The molecule has 0 saturated carbocycles. The molecular formula is C15H15F3N2O3. The highest BCUT2D eigenvalue weighted by atomic mass is 19.4. The molecule has 0 fully saturated rings. The zero-order valence-corrected chi connectivity index (χ0v) is 12.3. The van der Waals surface area contributed by atoms with Crippen LogP contribution >= 0.6 is 0 Å². The topological polar surface area (TPSA) is 79.2 Å². The number of hydrogen-bond donors (Lipinski definition) is 1. The van der Waals surface area contributed by atoms with E-state index in [2.05, 4.69) is 10.1 Å². The summed E-state index contributed by atoms with van der Waals surface area (Å²) in [7, 11) is 1.11. The minimum atomic E-state index is -4.69. The van der Waals surface area contributed by atoms with Crippen molar-refractivity contribution in [2.45, 2.75) is 31.5 Å². The molecule has 0 heterocycles. The normalized spacial score (nSPS) is 12.1. The van der Waals surface area contributed by atoms with Crippen LogP contribution in [0.2, 0.25) is 0 Å². The molecule has 0 bridgehead atoms. The van der Waals surface area contributed by atoms with Crippen LogP contribution in [0.3, 0.4) is 0 Å². The SMILES string of the molecule is COC(=O)[C@H](CCCC#N)NC(=O)c1ccccc1C(F)(F)F. The Labute approximate surface area is 131 Å². The van der Waals surface area contributed by atoms with Crippen molar-refractivity contribution in [1.82, 2.24) is 5.32 Å². The number of nitriles is 1. The molecule has 1 N–H and O–H groups in total. The molecule has 0 unspecified atom stereocenters. The number of benzene rings is 1. The lowest BCUT2D eigenvalue weighted by Gasteiger charge is -2.18. The van der Waals surface area contributed by atoms with Gasteiger partial charge in [-0.2, -0.15) is 18.4 Å². The van der Waals surface area contributed by atoms with Crippen LogP contribution in [0.4, 0.5) is 13.2 Å². The van der Waals surface area contributed by atoms with Crippen molar-refractivity contribution in [3.05, 3.63) is 35.4 Å². The Morgan fingerprint density at radius 2 is 2.00 bits per heavy atom. The Bertz CT molecular complexity index is 609. The zero-order valence-electron chi connectivity index (χ0n) is 12.3. The zero-order chi connectivity index (χ0) is 17.5. The summed E-state index contributed by atoms with van der Waals surface area (Å²) in [6.45, 7) is 0. The number of hydrogen-bond acceptors (Lipinski definition) is 4. The lowest BCUT2D eigenvalue weighted by Crippen LogP contribution is -2.42. The number of alkyl halides is 3. The predicted octanol–water partition coefficient (Wildman–Crippen LogP) is 2.67. The molecule has 0 radical (unpaired) electrons. The summed E-state index contributed by atoms with van der Waals surface area (Å²) in [6.07, 6.45) is -4.13. The van der Waals surface area contributed by atoms with Crippen molar-refractivity contribution in [3.8, 4) is 6.07 Å². The fraction of sp³-hybridized carbons (Fsp3) is 0.400. The number of carbonyl (C=O) groups is 2. The van der Waals surface area contributed by atoms with Gasteiger partial charge in [0.25, 0.3) is 5.91 Å². The van der Waals surface area contributed by atoms with Crippen molar-refractivity contribution in [3.63, 3.8) is 0 Å². The Hall–Kier alpha value is -2.56. The Morgan fingerprint density at radius 3 is 2.57 bits per heavy atom. The highest BCUT2D eigenvalue weighted by molar-refractivity contribution is 5.98. The maximum absolute atomic E-state index is 12.9. The first-order chi connectivity index (χ1) is 10.8. The highest BCUT2D eigenvalue weighted by Gasteiger charge is 2.35. The molecule has 0 aliphatic rings. The number of rotatable bonds is 6. The number of nitrogens with one attached hydrogen (secondary N) is 1. The molecule has 8 heteroatoms. The van der Waals surface area contributed by atoms with E-state index < -0.39 is 35.2 Å². The van der Waals surface area contributed by atoms with Crippen LogP contribution in [-0.2, 0) is 15.7 Å². The quantitative estimate of drug-likeness (QED) is 0.643. The van der Waals surface area contributed by atoms with Gasteiger partial charge in [-0.1, -0.05) is 12.1 Å². The number of unbranched alkanes of at least 4 members (excludes halogenated alkanes) is 1. The van der Waals surface area contributed by atoms with E-state index in [0.717, 1.165) is 19.2 Å². The van der Waals surface area contributed by atoms with Gasteiger partial charge in [-0.25, -0.2) is 4.79 Å². The largest absolute Gasteiger partial charge is 0.467 e. The third-order valence-corrected chi connectivity index (χ3v) is 3.05. The molecule has 0 spiro atoms. The molecule has 0 aliphatic carbocycles. The second-order valence-corrected chi connectivity index (χ2v) is 4.64. The van der Waals surface area contributed by atoms with Crippen molar-refractivity contribution in [2.24, 2.45) is 0 Å². The van der Waals surface area contributed by atoms with Crippen LogP contribution in [0, 0.1) is 11.3 Å². The van der Waals surface area contributed by atoms with Gasteiger partial charge in [0.05, 0.1) is 24.3 Å². The van der Waals surface area contributed by atoms with E-state index in [4.69, 9.17) is 5.26 Å². The van der Waals surface area contributed by atoms with Crippen molar-refractivity contribution < 1.29 is 27.5 Å². The van der Waals surface area contributed by atoms with E-state index in [9.17, 15) is 22.8 Å². The fourth-order valence-corrected chi connectivity index (χ4v) is 1.94. The van der Waals surface area contributed by atoms with E-state index in [0.29, 0.717) is 6.42 Å². The third kappa shape index (κ3) is 5.29. The molecule has 23 heavy (non-hydrogen) atoms. The molecule has 0 aromatic heterocycles. The Balaban J connectivity index is 2.95. The number of esters is 1. The molecule has 1 atom stereocenters. The molecular weight excluding hydrogens is 313 g/mol. The van der Waals surface area contributed by atoms with Gasteiger partial charge in [-0.05, 0) is 25.0 Å². The van der Waals surface area contributed by atoms with Gasteiger partial charge in [0.1, 0.15) is 6.04 Å². The molecule has 5 nitrogen and oxygen atoms in total. The van der Waals surface area contributed by atoms with E-state index in [1.54, 1.807) is 0 Å². The number of amides is 1. The van der Waals surface area contributed by atoms with Crippen LogP contribution in [-0.4, -0.2) is 25.0 Å². The minimum Gasteiger partial charge on any atom is -0.467 e. The van der Waals surface area contributed by atoms with E-state index in [1.807, 2.05) is 6.07 Å². The van der Waals surface area contributed by atoms with E-state index in [1.165, 1.54) is 12.1 Å². The molecule has 1 aromatic rings. The van der Waals surface area contributed by atoms with Crippen LogP contribution in [0.15, 0.2) is 24.3 Å². The average Bonchev–Trinajstić information content (AvgIpc) is 2.52. The summed E-state index contributed by atoms with van der Waals surface area (Å²) in [4.78, 5) is 23.7. The van der Waals surface area contributed by atoms with Crippen molar-refractivity contribution in [2.75, 3.05) is 7.11 Å². The maximum Gasteiger partial charge on any atom is 0.417 e. The molecule has 1 amide bonds. The molecule has 0 aliphatic heterocycles. The smallest absolute Gasteiger partial charge is 0.417 e. The molecule has 0 saturated heterocycles. The summed E-state index contributed by atoms with van der Waals surface area (Å²) in [6, 6.07) is 5.06. The van der Waals surface area contributed by atoms with Crippen LogP contribution < -0.4 is 5.32 Å². The standard InChI is InChI=1S/C15H15F3N2O3/c1-23-14(22)12(8-4-5-9-19)20-13(21)10-6-2-3-7-11(10)15(16,17)18/h2-3,6-7,12H,4-5,8H2,1H3,(H,20,21)/t12-/m0/s1. The maximum atomic E-state index is 12.9. The third-order valence-electron chi connectivity index (χ3n) is 3.05. The predicted molar refractivity (Wildman–Crippen MR) is 74.2 cm³/mol. The van der Waals surface area contributed by atoms with Crippen molar-refractivity contribution >= 4 is 11.9 Å². The van der Waals surface area contributed by atoms with E-state index in [-0.39, 0.29) is 12.8 Å². The number of ether oxygens (including phenoxy) is 1. The first-order valence-corrected chi connectivity index (χ1v) is 6.73. The number of nitrogens with zero attached hydrogens (tertiary/aromatic N) is 1. The van der Waals surface area contributed by atoms with E-state index >= 15 is 0 Å². The summed E-state index contributed by atoms with van der Waals surface area (Å²) in [5, 5.41) is 10.7. The molecule has 1 rings (SSSR count). The van der Waals surface area contributed by atoms with Gasteiger partial charge >= 0.3 is 12.1 Å². The van der Waals surface area contributed by atoms with Gasteiger partial charge < -0.3 is 10.1 Å². The summed E-state index contributed by atoms with van der Waals surface area (Å²) >= 11 is 0. The lowest BCUT2D eigenvalue weighted by molar-refractivity contribution is -0.143. The van der Waals surface area contributed by atoms with Crippen LogP contribution in [0.1, 0.15) is 35.2 Å². The lowest BCUT2D eigenvalue weighted by atomic mass is 10.0. The minimum absolute atomic E-state index is 0.0974. The highest BCUT2D eigenvalue weighted by Crippen LogP contribution is 2.31. The first-order valence-electron chi connectivity index (χ1n) is 6.73. The number of methoxy groups -OCH3 is 1. The van der Waals surface area contributed by atoms with Gasteiger partial charge in [-0.15, -0.1) is 0 Å². The van der Waals surface area contributed by atoms with Gasteiger partial charge in [0.2, 0.25) is 0 Å². The first kappa shape index (κ1) is 18.5. The van der Waals surface area contributed by atoms with Crippen LogP contribution in [0.25, 0.3) is 0 Å². The Kier molecular flexibility index (Phi) is 6.57. The second kappa shape index (κ2) is 8.17. The molecule has 1 aromatic carbocycles. The monoisotopic (exact) mass is 328 g/mol. The van der Waals surface area contributed by atoms with Gasteiger partial charge in [0, 0.05) is 6.42 Å². The average molecular weight is 328 g/mol.